The van der Waals surface area contributed by atoms with Gasteiger partial charge in [0.25, 0.3) is 0 Å². The fourth-order valence-corrected chi connectivity index (χ4v) is 4.38. The second-order valence-corrected chi connectivity index (χ2v) is 7.59. The summed E-state index contributed by atoms with van der Waals surface area (Å²) in [6, 6.07) is 0.619. The number of likely N-dealkylation sites (N-methyl/N-ethyl adjacent to an activating group) is 1. The monoisotopic (exact) mass is 294 g/mol. The molecule has 2 nitrogen and oxygen atoms in total. The van der Waals surface area contributed by atoms with Crippen LogP contribution in [0.15, 0.2) is 0 Å². The molecule has 114 valence electrons. The quantitative estimate of drug-likeness (QED) is 0.773. The zero-order valence-electron chi connectivity index (χ0n) is 13.4. The van der Waals surface area contributed by atoms with Gasteiger partial charge in [0.2, 0.25) is 0 Å². The predicted octanol–water partition coefficient (Wildman–Crippen LogP) is 4.64. The summed E-state index contributed by atoms with van der Waals surface area (Å²) >= 11 is 1.88. The van der Waals surface area contributed by atoms with Gasteiger partial charge in [0, 0.05) is 17.3 Å². The Morgan fingerprint density at radius 2 is 1.90 bits per heavy atom. The molecule has 1 aliphatic rings. The van der Waals surface area contributed by atoms with Gasteiger partial charge in [0.1, 0.15) is 0 Å². The highest BCUT2D eigenvalue weighted by molar-refractivity contribution is 7.11. The number of hydrogen-bond acceptors (Lipinski definition) is 3. The van der Waals surface area contributed by atoms with Gasteiger partial charge in [0.15, 0.2) is 0 Å². The van der Waals surface area contributed by atoms with E-state index in [0.717, 1.165) is 18.9 Å². The molecule has 1 fully saturated rings. The minimum absolute atomic E-state index is 0.619. The van der Waals surface area contributed by atoms with E-state index in [4.69, 9.17) is 4.98 Å². The molecule has 0 saturated heterocycles. The molecule has 0 aromatic carbocycles. The maximum atomic E-state index is 4.72. The molecule has 2 rings (SSSR count). The summed E-state index contributed by atoms with van der Waals surface area (Å²) < 4.78 is 0. The molecule has 1 saturated carbocycles. The van der Waals surface area contributed by atoms with E-state index in [1.165, 1.54) is 60.5 Å². The van der Waals surface area contributed by atoms with Gasteiger partial charge >= 0.3 is 0 Å². The van der Waals surface area contributed by atoms with Crippen molar-refractivity contribution in [1.29, 1.82) is 0 Å². The van der Waals surface area contributed by atoms with Crippen LogP contribution in [0.2, 0.25) is 0 Å². The van der Waals surface area contributed by atoms with Crippen molar-refractivity contribution in [3.8, 4) is 0 Å². The zero-order valence-corrected chi connectivity index (χ0v) is 14.2. The molecular formula is C17H30N2S. The minimum atomic E-state index is 0.619. The third-order valence-corrected chi connectivity index (χ3v) is 5.67. The van der Waals surface area contributed by atoms with E-state index < -0.39 is 0 Å². The average molecular weight is 295 g/mol. The normalized spacial score (nSPS) is 18.9. The van der Waals surface area contributed by atoms with Crippen LogP contribution in [0.25, 0.3) is 0 Å². The van der Waals surface area contributed by atoms with Crippen LogP contribution in [-0.2, 0) is 6.42 Å². The lowest BCUT2D eigenvalue weighted by molar-refractivity contribution is 0.352. The zero-order chi connectivity index (χ0) is 14.4. The second-order valence-electron chi connectivity index (χ2n) is 6.30. The van der Waals surface area contributed by atoms with E-state index in [1.54, 1.807) is 0 Å². The Balaban J connectivity index is 1.91. The van der Waals surface area contributed by atoms with Crippen molar-refractivity contribution in [3.63, 3.8) is 0 Å². The molecule has 1 atom stereocenters. The van der Waals surface area contributed by atoms with E-state index >= 15 is 0 Å². The molecule has 0 spiro atoms. The van der Waals surface area contributed by atoms with Crippen molar-refractivity contribution >= 4 is 11.3 Å². The maximum Gasteiger partial charge on any atom is 0.0946 e. The van der Waals surface area contributed by atoms with Gasteiger partial charge in [-0.15, -0.1) is 11.3 Å². The molecule has 0 amide bonds. The Hall–Kier alpha value is -0.410. The number of aryl methyl sites for hydroxylation is 2. The first-order valence-corrected chi connectivity index (χ1v) is 9.17. The number of thiazole rings is 1. The Labute approximate surface area is 128 Å². The van der Waals surface area contributed by atoms with Crippen LogP contribution in [0.1, 0.15) is 67.4 Å². The molecule has 0 bridgehead atoms. The van der Waals surface area contributed by atoms with Gasteiger partial charge in [-0.25, -0.2) is 4.98 Å². The summed E-state index contributed by atoms with van der Waals surface area (Å²) in [5.74, 6) is 0.934. The highest BCUT2D eigenvalue weighted by atomic mass is 32.1. The Kier molecular flexibility index (Phi) is 6.50. The SMILES string of the molecule is CCNC(Cc1nc(C)c(C)s1)CC1CCCCCC1. The molecule has 1 unspecified atom stereocenters. The summed E-state index contributed by atoms with van der Waals surface area (Å²) in [4.78, 5) is 6.10. The van der Waals surface area contributed by atoms with Crippen LogP contribution in [0.3, 0.4) is 0 Å². The van der Waals surface area contributed by atoms with Crippen LogP contribution < -0.4 is 5.32 Å². The van der Waals surface area contributed by atoms with Gasteiger partial charge in [-0.2, -0.15) is 0 Å². The lowest BCUT2D eigenvalue weighted by Gasteiger charge is -2.22. The number of aromatic nitrogens is 1. The first kappa shape index (κ1) is 16.0. The maximum absolute atomic E-state index is 4.72. The van der Waals surface area contributed by atoms with E-state index in [1.807, 2.05) is 11.3 Å². The van der Waals surface area contributed by atoms with Crippen molar-refractivity contribution in [2.75, 3.05) is 6.54 Å². The third-order valence-electron chi connectivity index (χ3n) is 4.58. The molecular weight excluding hydrogens is 264 g/mol. The second kappa shape index (κ2) is 8.14. The van der Waals surface area contributed by atoms with Crippen LogP contribution in [0.4, 0.5) is 0 Å². The summed E-state index contributed by atoms with van der Waals surface area (Å²) in [7, 11) is 0. The summed E-state index contributed by atoms with van der Waals surface area (Å²) in [5.41, 5.74) is 1.22. The number of hydrogen-bond donors (Lipinski definition) is 1. The number of nitrogens with zero attached hydrogens (tertiary/aromatic N) is 1. The molecule has 1 aromatic rings. The van der Waals surface area contributed by atoms with E-state index in [9.17, 15) is 0 Å². The standard InChI is InChI=1S/C17H30N2S/c1-4-18-16(11-15-9-7-5-6-8-10-15)12-17-19-13(2)14(3)20-17/h15-16,18H,4-12H2,1-3H3. The first-order chi connectivity index (χ1) is 9.69. The molecule has 1 aromatic heterocycles. The number of nitrogens with one attached hydrogen (secondary N) is 1. The van der Waals surface area contributed by atoms with Crippen molar-refractivity contribution in [2.45, 2.75) is 78.2 Å². The van der Waals surface area contributed by atoms with Crippen LogP contribution in [0.5, 0.6) is 0 Å². The van der Waals surface area contributed by atoms with Crippen LogP contribution in [-0.4, -0.2) is 17.6 Å². The Morgan fingerprint density at radius 1 is 1.20 bits per heavy atom. The van der Waals surface area contributed by atoms with Crippen molar-refractivity contribution in [2.24, 2.45) is 5.92 Å². The molecule has 0 radical (unpaired) electrons. The van der Waals surface area contributed by atoms with Crippen LogP contribution in [0, 0.1) is 19.8 Å². The Bertz CT molecular complexity index is 372. The molecule has 1 heterocycles. The third kappa shape index (κ3) is 4.85. The Morgan fingerprint density at radius 3 is 2.45 bits per heavy atom. The lowest BCUT2D eigenvalue weighted by Crippen LogP contribution is -2.33. The molecule has 3 heteroatoms. The lowest BCUT2D eigenvalue weighted by atomic mass is 9.91. The van der Waals surface area contributed by atoms with E-state index in [-0.39, 0.29) is 0 Å². The van der Waals surface area contributed by atoms with Gasteiger partial charge in [-0.1, -0.05) is 45.4 Å². The van der Waals surface area contributed by atoms with Crippen molar-refractivity contribution in [3.05, 3.63) is 15.6 Å². The average Bonchev–Trinajstić information content (AvgIpc) is 2.62. The summed E-state index contributed by atoms with van der Waals surface area (Å²) in [5, 5.41) is 5.01. The topological polar surface area (TPSA) is 24.9 Å². The highest BCUT2D eigenvalue weighted by Gasteiger charge is 2.19. The molecule has 0 aliphatic heterocycles. The van der Waals surface area contributed by atoms with Gasteiger partial charge in [-0.3, -0.25) is 0 Å². The minimum Gasteiger partial charge on any atom is -0.314 e. The van der Waals surface area contributed by atoms with Gasteiger partial charge in [-0.05, 0) is 32.7 Å². The summed E-state index contributed by atoms with van der Waals surface area (Å²) in [6.07, 6.45) is 11.1. The molecule has 1 aliphatic carbocycles. The molecule has 1 N–H and O–H groups in total. The van der Waals surface area contributed by atoms with Gasteiger partial charge < -0.3 is 5.32 Å². The first-order valence-electron chi connectivity index (χ1n) is 8.35. The predicted molar refractivity (Wildman–Crippen MR) is 88.6 cm³/mol. The largest absolute Gasteiger partial charge is 0.314 e. The van der Waals surface area contributed by atoms with E-state index in [2.05, 4.69) is 26.1 Å². The van der Waals surface area contributed by atoms with E-state index in [0.29, 0.717) is 6.04 Å². The van der Waals surface area contributed by atoms with Crippen molar-refractivity contribution < 1.29 is 0 Å². The van der Waals surface area contributed by atoms with Gasteiger partial charge in [0.05, 0.1) is 10.7 Å². The fraction of sp³-hybridized carbons (Fsp3) is 0.824. The molecule has 20 heavy (non-hydrogen) atoms. The van der Waals surface area contributed by atoms with Crippen molar-refractivity contribution in [1.82, 2.24) is 10.3 Å². The fourth-order valence-electron chi connectivity index (χ4n) is 3.37. The number of rotatable bonds is 6. The van der Waals surface area contributed by atoms with Crippen LogP contribution >= 0.6 is 11.3 Å². The highest BCUT2D eigenvalue weighted by Crippen LogP contribution is 2.28. The summed E-state index contributed by atoms with van der Waals surface area (Å²) in [6.45, 7) is 7.60. The smallest absolute Gasteiger partial charge is 0.0946 e.